The molecule has 3 nitrogen and oxygen atoms in total. The number of rotatable bonds is 2. The van der Waals surface area contributed by atoms with E-state index in [9.17, 15) is 9.18 Å². The van der Waals surface area contributed by atoms with E-state index in [0.717, 1.165) is 4.47 Å². The molecule has 2 rings (SSSR count). The Morgan fingerprint density at radius 1 is 1.22 bits per heavy atom. The first-order valence-corrected chi connectivity index (χ1v) is 5.98. The maximum Gasteiger partial charge on any atom is 0.255 e. The summed E-state index contributed by atoms with van der Waals surface area (Å²) in [5, 5.41) is 2.71. The van der Waals surface area contributed by atoms with Crippen molar-refractivity contribution >= 4 is 33.2 Å². The number of nitrogen functional groups attached to an aromatic ring is 1. The van der Waals surface area contributed by atoms with Crippen LogP contribution in [0, 0.1) is 5.82 Å². The lowest BCUT2D eigenvalue weighted by molar-refractivity contribution is 0.102. The van der Waals surface area contributed by atoms with Crippen LogP contribution in [0.3, 0.4) is 0 Å². The van der Waals surface area contributed by atoms with Crippen LogP contribution < -0.4 is 11.1 Å². The van der Waals surface area contributed by atoms with E-state index < -0.39 is 5.82 Å². The Kier molecular flexibility index (Phi) is 3.62. The summed E-state index contributed by atoms with van der Waals surface area (Å²) in [6, 6.07) is 11.1. The van der Waals surface area contributed by atoms with Crippen molar-refractivity contribution in [2.45, 2.75) is 0 Å². The minimum atomic E-state index is -0.535. The van der Waals surface area contributed by atoms with Crippen molar-refractivity contribution in [1.29, 1.82) is 0 Å². The maximum absolute atomic E-state index is 13.0. The molecular weight excluding hydrogens is 299 g/mol. The summed E-state index contributed by atoms with van der Waals surface area (Å²) in [5.74, 6) is -0.874. The predicted octanol–water partition coefficient (Wildman–Crippen LogP) is 3.42. The molecule has 0 unspecified atom stereocenters. The number of halogens is 2. The zero-order valence-electron chi connectivity index (χ0n) is 9.28. The van der Waals surface area contributed by atoms with Gasteiger partial charge in [-0.15, -0.1) is 0 Å². The lowest BCUT2D eigenvalue weighted by Crippen LogP contribution is -2.12. The molecule has 2 aromatic rings. The third kappa shape index (κ3) is 2.68. The van der Waals surface area contributed by atoms with Crippen LogP contribution in [0.5, 0.6) is 0 Å². The standard InChI is InChI=1S/C13H10BrFN2O/c14-9-3-1-2-4-12(9)17-13(18)8-5-6-10(15)11(16)7-8/h1-7H,16H2,(H,17,18). The summed E-state index contributed by atoms with van der Waals surface area (Å²) in [5.41, 5.74) is 6.32. The third-order valence-corrected chi connectivity index (χ3v) is 3.07. The lowest BCUT2D eigenvalue weighted by Gasteiger charge is -2.07. The van der Waals surface area contributed by atoms with Gasteiger partial charge in [0.2, 0.25) is 0 Å². The van der Waals surface area contributed by atoms with Crippen LogP contribution in [0.1, 0.15) is 10.4 Å². The van der Waals surface area contributed by atoms with Gasteiger partial charge in [-0.25, -0.2) is 4.39 Å². The SMILES string of the molecule is Nc1cc(C(=O)Nc2ccccc2Br)ccc1F. The largest absolute Gasteiger partial charge is 0.396 e. The number of para-hydroxylation sites is 1. The van der Waals surface area contributed by atoms with Gasteiger partial charge >= 0.3 is 0 Å². The fraction of sp³-hybridized carbons (Fsp3) is 0. The van der Waals surface area contributed by atoms with Crippen molar-refractivity contribution in [2.24, 2.45) is 0 Å². The molecule has 3 N–H and O–H groups in total. The summed E-state index contributed by atoms with van der Waals surface area (Å²) >= 11 is 3.32. The molecule has 0 aliphatic carbocycles. The Balaban J connectivity index is 2.22. The van der Waals surface area contributed by atoms with E-state index in [1.165, 1.54) is 18.2 Å². The summed E-state index contributed by atoms with van der Waals surface area (Å²) < 4.78 is 13.8. The first-order chi connectivity index (χ1) is 8.58. The lowest BCUT2D eigenvalue weighted by atomic mass is 10.2. The molecule has 0 spiro atoms. The molecule has 92 valence electrons. The highest BCUT2D eigenvalue weighted by Gasteiger charge is 2.09. The van der Waals surface area contributed by atoms with Crippen molar-refractivity contribution in [3.05, 3.63) is 58.3 Å². The van der Waals surface area contributed by atoms with E-state index in [1.807, 2.05) is 12.1 Å². The molecule has 0 aliphatic rings. The smallest absolute Gasteiger partial charge is 0.255 e. The number of hydrogen-bond donors (Lipinski definition) is 2. The quantitative estimate of drug-likeness (QED) is 0.835. The van der Waals surface area contributed by atoms with E-state index >= 15 is 0 Å². The fourth-order valence-electron chi connectivity index (χ4n) is 1.44. The highest BCUT2D eigenvalue weighted by Crippen LogP contribution is 2.22. The van der Waals surface area contributed by atoms with Crippen LogP contribution in [0.25, 0.3) is 0 Å². The summed E-state index contributed by atoms with van der Waals surface area (Å²) in [6.07, 6.45) is 0. The second-order valence-electron chi connectivity index (χ2n) is 3.67. The van der Waals surface area contributed by atoms with Crippen molar-refractivity contribution in [3.8, 4) is 0 Å². The van der Waals surface area contributed by atoms with Gasteiger partial charge in [-0.2, -0.15) is 0 Å². The Bertz CT molecular complexity index is 601. The van der Waals surface area contributed by atoms with Gasteiger partial charge in [0.1, 0.15) is 5.82 Å². The number of anilines is 2. The zero-order valence-corrected chi connectivity index (χ0v) is 10.9. The molecule has 18 heavy (non-hydrogen) atoms. The van der Waals surface area contributed by atoms with E-state index in [0.29, 0.717) is 11.3 Å². The molecule has 0 heterocycles. The first kappa shape index (κ1) is 12.6. The second kappa shape index (κ2) is 5.18. The number of carbonyl (C=O) groups excluding carboxylic acids is 1. The topological polar surface area (TPSA) is 55.1 Å². The molecular formula is C13H10BrFN2O. The van der Waals surface area contributed by atoms with Gasteiger partial charge in [-0.1, -0.05) is 12.1 Å². The van der Waals surface area contributed by atoms with Crippen molar-refractivity contribution in [3.63, 3.8) is 0 Å². The van der Waals surface area contributed by atoms with E-state index in [-0.39, 0.29) is 11.6 Å². The zero-order chi connectivity index (χ0) is 13.1. The fourth-order valence-corrected chi connectivity index (χ4v) is 1.83. The monoisotopic (exact) mass is 308 g/mol. The van der Waals surface area contributed by atoms with E-state index in [2.05, 4.69) is 21.2 Å². The molecule has 0 fully saturated rings. The normalized spacial score (nSPS) is 10.1. The number of nitrogens with one attached hydrogen (secondary N) is 1. The van der Waals surface area contributed by atoms with Gasteiger partial charge < -0.3 is 11.1 Å². The van der Waals surface area contributed by atoms with Crippen molar-refractivity contribution < 1.29 is 9.18 Å². The van der Waals surface area contributed by atoms with Gasteiger partial charge in [0.25, 0.3) is 5.91 Å². The number of amides is 1. The van der Waals surface area contributed by atoms with Crippen LogP contribution in [0.4, 0.5) is 15.8 Å². The van der Waals surface area contributed by atoms with Gasteiger partial charge in [0.05, 0.1) is 11.4 Å². The second-order valence-corrected chi connectivity index (χ2v) is 4.52. The highest BCUT2D eigenvalue weighted by atomic mass is 79.9. The number of nitrogens with two attached hydrogens (primary N) is 1. The molecule has 2 aromatic carbocycles. The van der Waals surface area contributed by atoms with Crippen LogP contribution in [0.2, 0.25) is 0 Å². The van der Waals surface area contributed by atoms with Crippen LogP contribution >= 0.6 is 15.9 Å². The molecule has 0 aromatic heterocycles. The van der Waals surface area contributed by atoms with Crippen LogP contribution in [-0.4, -0.2) is 5.91 Å². The number of hydrogen-bond acceptors (Lipinski definition) is 2. The first-order valence-electron chi connectivity index (χ1n) is 5.19. The average molecular weight is 309 g/mol. The summed E-state index contributed by atoms with van der Waals surface area (Å²) in [6.45, 7) is 0. The Labute approximate surface area is 112 Å². The van der Waals surface area contributed by atoms with E-state index in [4.69, 9.17) is 5.73 Å². The predicted molar refractivity (Wildman–Crippen MR) is 72.9 cm³/mol. The Morgan fingerprint density at radius 3 is 2.61 bits per heavy atom. The maximum atomic E-state index is 13.0. The van der Waals surface area contributed by atoms with Crippen LogP contribution in [-0.2, 0) is 0 Å². The van der Waals surface area contributed by atoms with Gasteiger partial charge in [0.15, 0.2) is 0 Å². The summed E-state index contributed by atoms with van der Waals surface area (Å²) in [7, 11) is 0. The summed E-state index contributed by atoms with van der Waals surface area (Å²) in [4.78, 5) is 11.9. The Morgan fingerprint density at radius 2 is 1.94 bits per heavy atom. The van der Waals surface area contributed by atoms with Gasteiger partial charge in [-0.3, -0.25) is 4.79 Å². The molecule has 0 saturated heterocycles. The molecule has 0 bridgehead atoms. The van der Waals surface area contributed by atoms with Gasteiger partial charge in [0, 0.05) is 10.0 Å². The van der Waals surface area contributed by atoms with Crippen molar-refractivity contribution in [2.75, 3.05) is 11.1 Å². The molecule has 0 atom stereocenters. The molecule has 1 amide bonds. The molecule has 5 heteroatoms. The Hall–Kier alpha value is -1.88. The molecule has 0 aliphatic heterocycles. The van der Waals surface area contributed by atoms with Crippen molar-refractivity contribution in [1.82, 2.24) is 0 Å². The minimum absolute atomic E-state index is 0.0465. The molecule has 0 radical (unpaired) electrons. The van der Waals surface area contributed by atoms with E-state index in [1.54, 1.807) is 12.1 Å². The number of benzene rings is 2. The number of carbonyl (C=O) groups is 1. The average Bonchev–Trinajstić information content (AvgIpc) is 2.35. The highest BCUT2D eigenvalue weighted by molar-refractivity contribution is 9.10. The third-order valence-electron chi connectivity index (χ3n) is 2.38. The van der Waals surface area contributed by atoms with Gasteiger partial charge in [-0.05, 0) is 46.3 Å². The molecule has 0 saturated carbocycles. The van der Waals surface area contributed by atoms with Crippen LogP contribution in [0.15, 0.2) is 46.9 Å². The minimum Gasteiger partial charge on any atom is -0.396 e.